The van der Waals surface area contributed by atoms with Gasteiger partial charge in [-0.1, -0.05) is 0 Å². The molecule has 0 aromatic rings. The van der Waals surface area contributed by atoms with Crippen molar-refractivity contribution in [3.63, 3.8) is 0 Å². The maximum absolute atomic E-state index is 9.79. The molecule has 76 valence electrons. The topological polar surface area (TPSA) is 43.7 Å². The van der Waals surface area contributed by atoms with Gasteiger partial charge in [-0.3, -0.25) is 4.90 Å². The first-order valence-electron chi connectivity index (χ1n) is 5.23. The molecule has 3 heteroatoms. The van der Waals surface area contributed by atoms with Crippen molar-refractivity contribution in [1.82, 2.24) is 4.90 Å². The summed E-state index contributed by atoms with van der Waals surface area (Å²) in [6.45, 7) is 3.55. The highest BCUT2D eigenvalue weighted by atomic mass is 16.3. The van der Waals surface area contributed by atoms with Gasteiger partial charge in [-0.2, -0.15) is 0 Å². The number of aliphatic hydroxyl groups is 2. The van der Waals surface area contributed by atoms with Gasteiger partial charge < -0.3 is 10.2 Å². The molecule has 0 bridgehead atoms. The van der Waals surface area contributed by atoms with Crippen molar-refractivity contribution in [2.45, 2.75) is 50.4 Å². The Morgan fingerprint density at radius 2 is 2.15 bits per heavy atom. The number of aliphatic hydroxyl groups excluding tert-OH is 1. The van der Waals surface area contributed by atoms with Crippen LogP contribution < -0.4 is 0 Å². The Morgan fingerprint density at radius 1 is 1.38 bits per heavy atom. The van der Waals surface area contributed by atoms with Crippen LogP contribution in [0.15, 0.2) is 0 Å². The average Bonchev–Trinajstić information content (AvgIpc) is 2.56. The summed E-state index contributed by atoms with van der Waals surface area (Å²) in [5, 5.41) is 19.5. The van der Waals surface area contributed by atoms with Gasteiger partial charge in [0, 0.05) is 19.1 Å². The lowest BCUT2D eigenvalue weighted by molar-refractivity contribution is 0.0410. The molecule has 2 fully saturated rings. The van der Waals surface area contributed by atoms with E-state index in [1.807, 2.05) is 6.92 Å². The number of rotatable bonds is 1. The lowest BCUT2D eigenvalue weighted by atomic mass is 10.1. The van der Waals surface area contributed by atoms with E-state index < -0.39 is 5.60 Å². The molecule has 2 rings (SSSR count). The second kappa shape index (κ2) is 3.23. The second-order valence-corrected chi connectivity index (χ2v) is 4.78. The predicted molar refractivity (Wildman–Crippen MR) is 50.5 cm³/mol. The van der Waals surface area contributed by atoms with E-state index in [0.29, 0.717) is 6.04 Å². The second-order valence-electron chi connectivity index (χ2n) is 4.78. The smallest absolute Gasteiger partial charge is 0.0758 e. The number of likely N-dealkylation sites (tertiary alicyclic amines) is 1. The maximum atomic E-state index is 9.79. The summed E-state index contributed by atoms with van der Waals surface area (Å²) >= 11 is 0. The van der Waals surface area contributed by atoms with Gasteiger partial charge in [-0.25, -0.2) is 0 Å². The number of hydrogen-bond donors (Lipinski definition) is 2. The van der Waals surface area contributed by atoms with E-state index in [4.69, 9.17) is 0 Å². The molecule has 2 N–H and O–H groups in total. The summed E-state index contributed by atoms with van der Waals surface area (Å²) in [6, 6.07) is 0.314. The minimum atomic E-state index is -0.525. The van der Waals surface area contributed by atoms with Crippen molar-refractivity contribution < 1.29 is 10.2 Å². The molecule has 0 spiro atoms. The summed E-state index contributed by atoms with van der Waals surface area (Å²) in [4.78, 5) is 2.25. The molecule has 3 nitrogen and oxygen atoms in total. The SMILES string of the molecule is CC1(O)CCN(C2CCCC2O)C1. The third-order valence-corrected chi connectivity index (χ3v) is 3.39. The van der Waals surface area contributed by atoms with E-state index in [0.717, 1.165) is 38.8 Å². The molecule has 1 saturated heterocycles. The zero-order chi connectivity index (χ0) is 9.47. The molecule has 0 radical (unpaired) electrons. The summed E-state index contributed by atoms with van der Waals surface area (Å²) in [6.07, 6.45) is 3.84. The lowest BCUT2D eigenvalue weighted by Crippen LogP contribution is -2.41. The first-order valence-corrected chi connectivity index (χ1v) is 5.23. The van der Waals surface area contributed by atoms with Crippen LogP contribution in [0.1, 0.15) is 32.6 Å². The van der Waals surface area contributed by atoms with Gasteiger partial charge in [-0.15, -0.1) is 0 Å². The zero-order valence-corrected chi connectivity index (χ0v) is 8.24. The molecule has 3 unspecified atom stereocenters. The summed E-state index contributed by atoms with van der Waals surface area (Å²) < 4.78 is 0. The number of nitrogens with zero attached hydrogens (tertiary/aromatic N) is 1. The molecule has 13 heavy (non-hydrogen) atoms. The quantitative estimate of drug-likeness (QED) is 0.620. The van der Waals surface area contributed by atoms with Gasteiger partial charge in [-0.05, 0) is 32.6 Å². The fraction of sp³-hybridized carbons (Fsp3) is 1.00. The standard InChI is InChI=1S/C10H19NO2/c1-10(13)5-6-11(7-10)8-3-2-4-9(8)12/h8-9,12-13H,2-7H2,1H3. The van der Waals surface area contributed by atoms with Crippen molar-refractivity contribution in [3.8, 4) is 0 Å². The minimum absolute atomic E-state index is 0.158. The first-order chi connectivity index (χ1) is 6.08. The monoisotopic (exact) mass is 185 g/mol. The van der Waals surface area contributed by atoms with Crippen LogP contribution in [-0.2, 0) is 0 Å². The van der Waals surface area contributed by atoms with Gasteiger partial charge in [0.05, 0.1) is 11.7 Å². The van der Waals surface area contributed by atoms with Crippen molar-refractivity contribution in [2.75, 3.05) is 13.1 Å². The fourth-order valence-electron chi connectivity index (χ4n) is 2.61. The molecule has 1 saturated carbocycles. The lowest BCUT2D eigenvalue weighted by Gasteiger charge is -2.27. The minimum Gasteiger partial charge on any atom is -0.391 e. The molecule has 1 aliphatic heterocycles. The summed E-state index contributed by atoms with van der Waals surface area (Å²) in [7, 11) is 0. The average molecular weight is 185 g/mol. The van der Waals surface area contributed by atoms with Crippen molar-refractivity contribution >= 4 is 0 Å². The Balaban J connectivity index is 1.95. The van der Waals surface area contributed by atoms with Crippen LogP contribution in [0.2, 0.25) is 0 Å². The van der Waals surface area contributed by atoms with Crippen molar-refractivity contribution in [2.24, 2.45) is 0 Å². The molecular weight excluding hydrogens is 166 g/mol. The normalized spacial score (nSPS) is 47.3. The fourth-order valence-corrected chi connectivity index (χ4v) is 2.61. The maximum Gasteiger partial charge on any atom is 0.0758 e. The third-order valence-electron chi connectivity index (χ3n) is 3.39. The molecule has 0 aromatic heterocycles. The van der Waals surface area contributed by atoms with Gasteiger partial charge in [0.2, 0.25) is 0 Å². The third kappa shape index (κ3) is 1.87. The Hall–Kier alpha value is -0.120. The number of hydrogen-bond acceptors (Lipinski definition) is 3. The van der Waals surface area contributed by atoms with E-state index in [1.54, 1.807) is 0 Å². The molecule has 0 amide bonds. The molecule has 0 aromatic carbocycles. The largest absolute Gasteiger partial charge is 0.391 e. The molecule has 1 aliphatic carbocycles. The van der Waals surface area contributed by atoms with Crippen LogP contribution in [-0.4, -0.2) is 45.9 Å². The van der Waals surface area contributed by atoms with E-state index >= 15 is 0 Å². The Kier molecular flexibility index (Phi) is 2.34. The molecule has 3 atom stereocenters. The highest BCUT2D eigenvalue weighted by Gasteiger charge is 2.39. The Labute approximate surface area is 79.4 Å². The van der Waals surface area contributed by atoms with Gasteiger partial charge >= 0.3 is 0 Å². The first kappa shape index (κ1) is 9.44. The predicted octanol–water partition coefficient (Wildman–Crippen LogP) is 0.357. The van der Waals surface area contributed by atoms with E-state index in [1.165, 1.54) is 0 Å². The summed E-state index contributed by atoms with van der Waals surface area (Å²) in [5.74, 6) is 0. The van der Waals surface area contributed by atoms with E-state index in [2.05, 4.69) is 4.90 Å². The van der Waals surface area contributed by atoms with Gasteiger partial charge in [0.25, 0.3) is 0 Å². The molecule has 2 aliphatic rings. The summed E-state index contributed by atoms with van der Waals surface area (Å²) in [5.41, 5.74) is -0.525. The van der Waals surface area contributed by atoms with Crippen molar-refractivity contribution in [3.05, 3.63) is 0 Å². The van der Waals surface area contributed by atoms with E-state index in [9.17, 15) is 10.2 Å². The highest BCUT2D eigenvalue weighted by Crippen LogP contribution is 2.30. The van der Waals surface area contributed by atoms with Crippen LogP contribution in [0.4, 0.5) is 0 Å². The van der Waals surface area contributed by atoms with Crippen LogP contribution in [0.5, 0.6) is 0 Å². The Morgan fingerprint density at radius 3 is 2.62 bits per heavy atom. The van der Waals surface area contributed by atoms with Crippen LogP contribution in [0.3, 0.4) is 0 Å². The van der Waals surface area contributed by atoms with Crippen molar-refractivity contribution in [1.29, 1.82) is 0 Å². The molecular formula is C10H19NO2. The zero-order valence-electron chi connectivity index (χ0n) is 8.24. The van der Waals surface area contributed by atoms with Gasteiger partial charge in [0.1, 0.15) is 0 Å². The van der Waals surface area contributed by atoms with E-state index in [-0.39, 0.29) is 6.10 Å². The number of β-amino-alcohol motifs (C(OH)–C–C–N with tert-alkyl or cyclic N) is 1. The van der Waals surface area contributed by atoms with Crippen LogP contribution in [0, 0.1) is 0 Å². The Bertz CT molecular complexity index is 193. The van der Waals surface area contributed by atoms with Gasteiger partial charge in [0.15, 0.2) is 0 Å². The van der Waals surface area contributed by atoms with Crippen LogP contribution >= 0.6 is 0 Å². The molecule has 1 heterocycles. The highest BCUT2D eigenvalue weighted by molar-refractivity contribution is 4.93. The van der Waals surface area contributed by atoms with Crippen LogP contribution in [0.25, 0.3) is 0 Å².